The number of nitrogens with one attached hydrogen (secondary N) is 5. The smallest absolute Gasteiger partial charge is 0.221 e. The van der Waals surface area contributed by atoms with Crippen LogP contribution in [0.1, 0.15) is 25.0 Å². The summed E-state index contributed by atoms with van der Waals surface area (Å²) in [5, 5.41) is 21.6. The quantitative estimate of drug-likeness (QED) is 0.0830. The standard InChI is InChI=1S/C17H12F2N6O.C15H10F2N6.C2H3ClO/c1-8(26)22-9-5-10-15-13(7-21-25-15)23-17(24-16(10)20-6-9)14-11(18)3-2-4-12(14)19;16-9-2-1-3-10(17)12(9)15-21-11-6-20-23-13(11)8-4-7(18)5-19-14(8)22-15;1-2(3)4/h2-7H,1H3,(H,21,25)(H,22,26)(H,20,23,24);1-6H,18H2,(H,20,23)(H,19,21,22);1H3. The number of fused-ring (bicyclic) bond motifs is 6. The summed E-state index contributed by atoms with van der Waals surface area (Å²) in [6.07, 6.45) is 5.82. The van der Waals surface area contributed by atoms with Gasteiger partial charge in [-0.15, -0.1) is 0 Å². The highest BCUT2D eigenvalue weighted by Gasteiger charge is 2.25. The van der Waals surface area contributed by atoms with Crippen LogP contribution >= 0.6 is 11.6 Å². The van der Waals surface area contributed by atoms with Crippen LogP contribution in [0, 0.1) is 23.3 Å². The lowest BCUT2D eigenvalue weighted by molar-refractivity contribution is -0.114. The minimum Gasteiger partial charge on any atom is -0.397 e. The number of benzene rings is 2. The lowest BCUT2D eigenvalue weighted by atomic mass is 10.1. The number of amides is 1. The molecule has 0 spiro atoms. The zero-order chi connectivity index (χ0) is 37.8. The van der Waals surface area contributed by atoms with Crippen molar-refractivity contribution >= 4 is 68.8 Å². The summed E-state index contributed by atoms with van der Waals surface area (Å²) in [5.74, 6) is -2.69. The Morgan fingerprint density at radius 1 is 0.698 bits per heavy atom. The fraction of sp³-hybridized carbons (Fsp3) is 0.0588. The topological polar surface area (TPSA) is 204 Å². The van der Waals surface area contributed by atoms with Gasteiger partial charge in [0.2, 0.25) is 11.1 Å². The number of hydrogen-bond acceptors (Lipinski definition) is 11. The molecule has 0 saturated heterocycles. The van der Waals surface area contributed by atoms with Crippen LogP contribution in [-0.4, -0.2) is 53.2 Å². The van der Waals surface area contributed by atoms with E-state index in [9.17, 15) is 27.2 Å². The zero-order valence-electron chi connectivity index (χ0n) is 27.4. The molecule has 0 fully saturated rings. The summed E-state index contributed by atoms with van der Waals surface area (Å²) >= 11 is 4.64. The first-order chi connectivity index (χ1) is 25.4. The molecule has 0 unspecified atom stereocenters. The Kier molecular flexibility index (Phi) is 10.2. The predicted molar refractivity (Wildman–Crippen MR) is 191 cm³/mol. The number of nitrogens with zero attached hydrogens (tertiary/aromatic N) is 6. The van der Waals surface area contributed by atoms with Crippen LogP contribution < -0.4 is 21.7 Å². The Hall–Kier alpha value is -6.95. The van der Waals surface area contributed by atoms with Crippen molar-refractivity contribution < 1.29 is 27.2 Å². The maximum absolute atomic E-state index is 14.2. The third kappa shape index (κ3) is 7.86. The molecule has 19 heteroatoms. The van der Waals surface area contributed by atoms with E-state index in [4.69, 9.17) is 5.73 Å². The molecule has 0 aliphatic carbocycles. The highest BCUT2D eigenvalue weighted by atomic mass is 35.5. The van der Waals surface area contributed by atoms with Gasteiger partial charge in [0.15, 0.2) is 11.6 Å². The highest BCUT2D eigenvalue weighted by molar-refractivity contribution is 6.62. The van der Waals surface area contributed by atoms with Gasteiger partial charge in [-0.1, -0.05) is 12.1 Å². The summed E-state index contributed by atoms with van der Waals surface area (Å²) in [4.78, 5) is 37.4. The second kappa shape index (κ2) is 15.1. The maximum atomic E-state index is 14.2. The average Bonchev–Trinajstić information content (AvgIpc) is 3.69. The molecule has 0 atom stereocenters. The fourth-order valence-corrected chi connectivity index (χ4v) is 5.13. The van der Waals surface area contributed by atoms with E-state index >= 15 is 0 Å². The molecule has 2 aliphatic rings. The van der Waals surface area contributed by atoms with Gasteiger partial charge in [0.1, 0.15) is 34.9 Å². The van der Waals surface area contributed by atoms with Gasteiger partial charge in [0, 0.05) is 25.0 Å². The van der Waals surface area contributed by atoms with Crippen molar-refractivity contribution in [3.05, 3.63) is 108 Å². The van der Waals surface area contributed by atoms with Gasteiger partial charge in [0.05, 0.1) is 70.1 Å². The van der Waals surface area contributed by atoms with Gasteiger partial charge >= 0.3 is 0 Å². The molecule has 0 saturated carbocycles. The van der Waals surface area contributed by atoms with E-state index in [1.54, 1.807) is 12.1 Å². The number of hydrogen-bond donors (Lipinski definition) is 6. The molecule has 6 heterocycles. The van der Waals surface area contributed by atoms with E-state index in [0.717, 1.165) is 12.1 Å². The molecule has 1 amide bonds. The number of aliphatic imine (C=N–C) groups is 2. The van der Waals surface area contributed by atoms with E-state index < -0.39 is 23.3 Å². The SMILES string of the molecule is CC(=O)Cl.CC(=O)Nc1cnc2c(c1)-c1[nH]ncc1NC(c1c(F)cccc1F)=N2.Nc1cnc2c(c1)-c1[nH]ncc1NC(c1c(F)cccc1F)=N2. The number of aromatic amines is 2. The number of nitrogen functional groups attached to an aromatic ring is 1. The van der Waals surface area contributed by atoms with Crippen molar-refractivity contribution in [3.8, 4) is 22.5 Å². The molecule has 0 radical (unpaired) electrons. The number of halogens is 5. The van der Waals surface area contributed by atoms with Crippen LogP contribution in [0.3, 0.4) is 0 Å². The molecule has 0 bridgehead atoms. The van der Waals surface area contributed by atoms with Gasteiger partial charge < -0.3 is 21.7 Å². The van der Waals surface area contributed by atoms with E-state index in [1.807, 2.05) is 0 Å². The first-order valence-corrected chi connectivity index (χ1v) is 15.6. The first kappa shape index (κ1) is 35.9. The Balaban J connectivity index is 0.000000166. The number of carbonyl (C=O) groups is 2. The van der Waals surface area contributed by atoms with Crippen LogP contribution in [-0.2, 0) is 9.59 Å². The summed E-state index contributed by atoms with van der Waals surface area (Å²) in [7, 11) is 0. The van der Waals surface area contributed by atoms with Gasteiger partial charge in [-0.05, 0) is 48.0 Å². The summed E-state index contributed by atoms with van der Waals surface area (Å²) in [5.41, 5.74) is 9.39. The number of rotatable bonds is 3. The molecule has 2 aliphatic heterocycles. The number of anilines is 4. The number of amidine groups is 2. The molecule has 6 aromatic rings. The highest BCUT2D eigenvalue weighted by Crippen LogP contribution is 2.38. The Morgan fingerprint density at radius 2 is 1.13 bits per heavy atom. The zero-order valence-corrected chi connectivity index (χ0v) is 28.2. The monoisotopic (exact) mass is 744 g/mol. The van der Waals surface area contributed by atoms with E-state index in [-0.39, 0.29) is 45.6 Å². The summed E-state index contributed by atoms with van der Waals surface area (Å²) in [6, 6.07) is 10.5. The van der Waals surface area contributed by atoms with Crippen molar-refractivity contribution in [2.24, 2.45) is 9.98 Å². The molecular weight excluding hydrogens is 720 g/mol. The van der Waals surface area contributed by atoms with Crippen LogP contribution in [0.25, 0.3) is 22.5 Å². The second-order valence-electron chi connectivity index (χ2n) is 11.1. The van der Waals surface area contributed by atoms with Gasteiger partial charge in [-0.2, -0.15) is 10.2 Å². The number of pyridine rings is 2. The fourth-order valence-electron chi connectivity index (χ4n) is 5.13. The van der Waals surface area contributed by atoms with Gasteiger partial charge in [0.25, 0.3) is 0 Å². The van der Waals surface area contributed by atoms with Crippen LogP contribution in [0.2, 0.25) is 0 Å². The lowest BCUT2D eigenvalue weighted by Gasteiger charge is -2.09. The number of nitrogens with two attached hydrogens (primary N) is 1. The average molecular weight is 745 g/mol. The van der Waals surface area contributed by atoms with Crippen molar-refractivity contribution in [3.63, 3.8) is 0 Å². The number of aromatic nitrogens is 6. The van der Waals surface area contributed by atoms with E-state index in [1.165, 1.54) is 62.9 Å². The van der Waals surface area contributed by atoms with Crippen molar-refractivity contribution in [1.82, 2.24) is 30.4 Å². The summed E-state index contributed by atoms with van der Waals surface area (Å²) < 4.78 is 56.6. The van der Waals surface area contributed by atoms with Crippen molar-refractivity contribution in [2.45, 2.75) is 13.8 Å². The molecule has 2 aromatic carbocycles. The van der Waals surface area contributed by atoms with E-state index in [0.29, 0.717) is 45.3 Å². The van der Waals surface area contributed by atoms with E-state index in [2.05, 4.69) is 67.9 Å². The molecule has 8 rings (SSSR count). The molecule has 53 heavy (non-hydrogen) atoms. The minimum absolute atomic E-state index is 0.0132. The largest absolute Gasteiger partial charge is 0.397 e. The lowest BCUT2D eigenvalue weighted by Crippen LogP contribution is -2.16. The van der Waals surface area contributed by atoms with Crippen molar-refractivity contribution in [1.29, 1.82) is 0 Å². The minimum atomic E-state index is -0.750. The normalized spacial score (nSPS) is 12.1. The number of carbonyl (C=O) groups excluding carboxylic acids is 2. The van der Waals surface area contributed by atoms with Gasteiger partial charge in [-0.25, -0.2) is 37.5 Å². The Morgan fingerprint density at radius 3 is 1.58 bits per heavy atom. The Labute approximate surface area is 301 Å². The molecular formula is C34H25ClF4N12O2. The van der Waals surface area contributed by atoms with Crippen molar-refractivity contribution in [2.75, 3.05) is 21.7 Å². The molecule has 14 nitrogen and oxygen atoms in total. The second-order valence-corrected chi connectivity index (χ2v) is 11.6. The summed E-state index contributed by atoms with van der Waals surface area (Å²) in [6.45, 7) is 2.67. The predicted octanol–water partition coefficient (Wildman–Crippen LogP) is 6.82. The van der Waals surface area contributed by atoms with Crippen LogP contribution in [0.4, 0.5) is 51.9 Å². The maximum Gasteiger partial charge on any atom is 0.221 e. The third-order valence-electron chi connectivity index (χ3n) is 7.23. The molecule has 7 N–H and O–H groups in total. The van der Waals surface area contributed by atoms with Crippen LogP contribution in [0.5, 0.6) is 0 Å². The Bertz CT molecular complexity index is 2400. The third-order valence-corrected chi connectivity index (χ3v) is 7.23. The van der Waals surface area contributed by atoms with Crippen LogP contribution in [0.15, 0.2) is 83.3 Å². The first-order valence-electron chi connectivity index (χ1n) is 15.3. The molecule has 4 aromatic heterocycles. The number of H-pyrrole nitrogens is 2. The van der Waals surface area contributed by atoms with Gasteiger partial charge in [-0.3, -0.25) is 19.8 Å². The molecule has 268 valence electrons.